The average Bonchev–Trinajstić information content (AvgIpc) is 2.69. The summed E-state index contributed by atoms with van der Waals surface area (Å²) in [5, 5.41) is 3.39. The summed E-state index contributed by atoms with van der Waals surface area (Å²) in [5.41, 5.74) is 1.23. The van der Waals surface area contributed by atoms with Crippen LogP contribution < -0.4 is 10.2 Å². The van der Waals surface area contributed by atoms with Gasteiger partial charge in [0.2, 0.25) is 0 Å². The Balaban J connectivity index is 2.02. The van der Waals surface area contributed by atoms with Crippen molar-refractivity contribution < 1.29 is 9.47 Å². The first-order valence-corrected chi connectivity index (χ1v) is 7.31. The molecule has 0 aliphatic carbocycles. The SMILES string of the molecule is COCCNCc1cccnc1N1CCCOC(C)C1. The van der Waals surface area contributed by atoms with Gasteiger partial charge in [-0.1, -0.05) is 6.07 Å². The van der Waals surface area contributed by atoms with Crippen molar-refractivity contribution in [3.8, 4) is 0 Å². The number of nitrogens with zero attached hydrogens (tertiary/aromatic N) is 2. The smallest absolute Gasteiger partial charge is 0.133 e. The quantitative estimate of drug-likeness (QED) is 0.798. The standard InChI is InChI=1S/C15H25N3O2/c1-13-12-18(8-4-9-20-13)15-14(5-3-6-17-15)11-16-7-10-19-2/h3,5-6,13,16H,4,7-12H2,1-2H3. The average molecular weight is 279 g/mol. The topological polar surface area (TPSA) is 46.6 Å². The normalized spacial score (nSPS) is 19.9. The van der Waals surface area contributed by atoms with Crippen molar-refractivity contribution in [2.24, 2.45) is 0 Å². The molecule has 0 spiro atoms. The molecule has 112 valence electrons. The van der Waals surface area contributed by atoms with Gasteiger partial charge in [-0.15, -0.1) is 0 Å². The second kappa shape index (κ2) is 8.19. The molecule has 0 saturated carbocycles. The minimum Gasteiger partial charge on any atom is -0.383 e. The summed E-state index contributed by atoms with van der Waals surface area (Å²) in [6, 6.07) is 4.13. The summed E-state index contributed by atoms with van der Waals surface area (Å²) in [7, 11) is 1.72. The van der Waals surface area contributed by atoms with Gasteiger partial charge in [0.25, 0.3) is 0 Å². The van der Waals surface area contributed by atoms with Crippen LogP contribution in [0.4, 0.5) is 5.82 Å². The molecule has 20 heavy (non-hydrogen) atoms. The summed E-state index contributed by atoms with van der Waals surface area (Å²) < 4.78 is 10.8. The zero-order chi connectivity index (χ0) is 14.2. The van der Waals surface area contributed by atoms with Crippen molar-refractivity contribution >= 4 is 5.82 Å². The molecule has 1 aromatic heterocycles. The number of anilines is 1. The Labute approximate surface area is 121 Å². The van der Waals surface area contributed by atoms with Crippen LogP contribution in [0.5, 0.6) is 0 Å². The molecule has 1 unspecified atom stereocenters. The van der Waals surface area contributed by atoms with Crippen molar-refractivity contribution in [3.05, 3.63) is 23.9 Å². The van der Waals surface area contributed by atoms with Crippen molar-refractivity contribution in [2.75, 3.05) is 44.9 Å². The molecule has 1 aromatic rings. The largest absolute Gasteiger partial charge is 0.383 e. The van der Waals surface area contributed by atoms with Crippen LogP contribution in [-0.4, -0.2) is 51.0 Å². The number of rotatable bonds is 6. The predicted molar refractivity (Wildman–Crippen MR) is 80.1 cm³/mol. The molecule has 1 atom stereocenters. The summed E-state index contributed by atoms with van der Waals surface area (Å²) >= 11 is 0. The molecule has 1 aliphatic rings. The zero-order valence-corrected chi connectivity index (χ0v) is 12.5. The highest BCUT2D eigenvalue weighted by molar-refractivity contribution is 5.47. The molecular weight excluding hydrogens is 254 g/mol. The molecule has 1 saturated heterocycles. The molecule has 0 aromatic carbocycles. The number of hydrogen-bond donors (Lipinski definition) is 1. The second-order valence-electron chi connectivity index (χ2n) is 5.14. The van der Waals surface area contributed by atoms with Gasteiger partial charge < -0.3 is 19.7 Å². The van der Waals surface area contributed by atoms with Crippen LogP contribution in [0.25, 0.3) is 0 Å². The third-order valence-electron chi connectivity index (χ3n) is 3.42. The fraction of sp³-hybridized carbons (Fsp3) is 0.667. The fourth-order valence-electron chi connectivity index (χ4n) is 2.44. The highest BCUT2D eigenvalue weighted by Gasteiger charge is 2.18. The molecule has 0 bridgehead atoms. The van der Waals surface area contributed by atoms with Crippen LogP contribution in [-0.2, 0) is 16.0 Å². The Hall–Kier alpha value is -1.17. The van der Waals surface area contributed by atoms with Gasteiger partial charge >= 0.3 is 0 Å². The molecular formula is C15H25N3O2. The number of ether oxygens (including phenoxy) is 2. The van der Waals surface area contributed by atoms with Crippen molar-refractivity contribution in [1.29, 1.82) is 0 Å². The maximum atomic E-state index is 5.71. The first-order valence-electron chi connectivity index (χ1n) is 7.31. The third-order valence-corrected chi connectivity index (χ3v) is 3.42. The van der Waals surface area contributed by atoms with Crippen LogP contribution >= 0.6 is 0 Å². The van der Waals surface area contributed by atoms with E-state index < -0.39 is 0 Å². The van der Waals surface area contributed by atoms with Crippen molar-refractivity contribution in [2.45, 2.75) is 26.0 Å². The van der Waals surface area contributed by atoms with Crippen LogP contribution in [0, 0.1) is 0 Å². The maximum absolute atomic E-state index is 5.71. The Morgan fingerprint density at radius 3 is 3.30 bits per heavy atom. The van der Waals surface area contributed by atoms with E-state index in [2.05, 4.69) is 28.2 Å². The summed E-state index contributed by atoms with van der Waals surface area (Å²) in [6.07, 6.45) is 3.18. The van der Waals surface area contributed by atoms with Gasteiger partial charge in [-0.3, -0.25) is 0 Å². The molecule has 5 heteroatoms. The van der Waals surface area contributed by atoms with E-state index in [0.29, 0.717) is 0 Å². The van der Waals surface area contributed by atoms with Crippen LogP contribution in [0.3, 0.4) is 0 Å². The number of aromatic nitrogens is 1. The first kappa shape index (κ1) is 15.2. The lowest BCUT2D eigenvalue weighted by Gasteiger charge is -2.25. The second-order valence-corrected chi connectivity index (χ2v) is 5.14. The molecule has 1 aliphatic heterocycles. The van der Waals surface area contributed by atoms with E-state index in [0.717, 1.165) is 51.6 Å². The van der Waals surface area contributed by atoms with Crippen LogP contribution in [0.15, 0.2) is 18.3 Å². The van der Waals surface area contributed by atoms with Crippen molar-refractivity contribution in [1.82, 2.24) is 10.3 Å². The summed E-state index contributed by atoms with van der Waals surface area (Å²) in [6.45, 7) is 7.27. The Morgan fingerprint density at radius 2 is 2.45 bits per heavy atom. The van der Waals surface area contributed by atoms with Gasteiger partial charge in [0.1, 0.15) is 5.82 Å². The van der Waals surface area contributed by atoms with Gasteiger partial charge in [-0.25, -0.2) is 4.98 Å². The lowest BCUT2D eigenvalue weighted by Crippen LogP contribution is -2.32. The van der Waals surface area contributed by atoms with E-state index in [-0.39, 0.29) is 6.10 Å². The maximum Gasteiger partial charge on any atom is 0.133 e. The first-order chi connectivity index (χ1) is 9.81. The number of pyridine rings is 1. The lowest BCUT2D eigenvalue weighted by molar-refractivity contribution is 0.0820. The lowest BCUT2D eigenvalue weighted by atomic mass is 10.2. The van der Waals surface area contributed by atoms with Gasteiger partial charge in [-0.05, 0) is 19.4 Å². The fourth-order valence-corrected chi connectivity index (χ4v) is 2.44. The molecule has 0 amide bonds. The van der Waals surface area contributed by atoms with Gasteiger partial charge in [0.05, 0.1) is 12.7 Å². The molecule has 0 radical (unpaired) electrons. The van der Waals surface area contributed by atoms with Gasteiger partial charge in [0, 0.05) is 51.7 Å². The molecule has 1 fully saturated rings. The Morgan fingerprint density at radius 1 is 1.55 bits per heavy atom. The van der Waals surface area contributed by atoms with E-state index in [9.17, 15) is 0 Å². The summed E-state index contributed by atoms with van der Waals surface area (Å²) in [5.74, 6) is 1.08. The molecule has 1 N–H and O–H groups in total. The van der Waals surface area contributed by atoms with Crippen molar-refractivity contribution in [3.63, 3.8) is 0 Å². The highest BCUT2D eigenvalue weighted by Crippen LogP contribution is 2.19. The minimum atomic E-state index is 0.258. The monoisotopic (exact) mass is 279 g/mol. The van der Waals surface area contributed by atoms with Crippen LogP contribution in [0.1, 0.15) is 18.9 Å². The van der Waals surface area contributed by atoms with E-state index in [1.165, 1.54) is 5.56 Å². The van der Waals surface area contributed by atoms with E-state index in [4.69, 9.17) is 9.47 Å². The van der Waals surface area contributed by atoms with E-state index in [1.54, 1.807) is 7.11 Å². The molecule has 5 nitrogen and oxygen atoms in total. The Kier molecular flexibility index (Phi) is 6.24. The summed E-state index contributed by atoms with van der Waals surface area (Å²) in [4.78, 5) is 6.91. The predicted octanol–water partition coefficient (Wildman–Crippen LogP) is 1.43. The van der Waals surface area contributed by atoms with Crippen LogP contribution in [0.2, 0.25) is 0 Å². The molecule has 2 rings (SSSR count). The van der Waals surface area contributed by atoms with Gasteiger partial charge in [-0.2, -0.15) is 0 Å². The zero-order valence-electron chi connectivity index (χ0n) is 12.5. The molecule has 2 heterocycles. The van der Waals surface area contributed by atoms with Gasteiger partial charge in [0.15, 0.2) is 0 Å². The number of nitrogens with one attached hydrogen (secondary N) is 1. The highest BCUT2D eigenvalue weighted by atomic mass is 16.5. The third kappa shape index (κ3) is 4.44. The Bertz CT molecular complexity index is 400. The van der Waals surface area contributed by atoms with E-state index >= 15 is 0 Å². The number of hydrogen-bond acceptors (Lipinski definition) is 5. The number of methoxy groups -OCH3 is 1. The minimum absolute atomic E-state index is 0.258. The van der Waals surface area contributed by atoms with E-state index in [1.807, 2.05) is 12.3 Å².